The summed E-state index contributed by atoms with van der Waals surface area (Å²) in [6.07, 6.45) is 1.17. The largest absolute Gasteiger partial charge is 0.313 e. The Kier molecular flexibility index (Phi) is 3.81. The molecule has 0 radical (unpaired) electrons. The van der Waals surface area contributed by atoms with Gasteiger partial charge in [-0.2, -0.15) is 0 Å². The Hall–Kier alpha value is -0.300. The third-order valence-electron chi connectivity index (χ3n) is 2.47. The molecule has 1 nitrogen and oxygen atoms in total. The molecule has 0 heterocycles. The lowest BCUT2D eigenvalue weighted by atomic mass is 9.79. The van der Waals surface area contributed by atoms with E-state index in [1.807, 2.05) is 7.05 Å². The fraction of sp³-hybridized carbons (Fsp3) is 0.800. The van der Waals surface area contributed by atoms with Crippen LogP contribution in [-0.2, 0) is 0 Å². The third-order valence-corrected chi connectivity index (χ3v) is 2.47. The second-order valence-corrected chi connectivity index (χ2v) is 3.91. The zero-order chi connectivity index (χ0) is 9.07. The lowest BCUT2D eigenvalue weighted by Crippen LogP contribution is -2.40. The Labute approximate surface area is 70.9 Å². The summed E-state index contributed by atoms with van der Waals surface area (Å²) < 4.78 is 0. The van der Waals surface area contributed by atoms with Crippen LogP contribution in [0.4, 0.5) is 0 Å². The van der Waals surface area contributed by atoms with Crippen LogP contribution in [0.2, 0.25) is 0 Å². The zero-order valence-corrected chi connectivity index (χ0v) is 8.49. The van der Waals surface area contributed by atoms with Crippen molar-refractivity contribution < 1.29 is 0 Å². The zero-order valence-electron chi connectivity index (χ0n) is 8.49. The molecule has 0 aromatic rings. The summed E-state index contributed by atoms with van der Waals surface area (Å²) in [6, 6.07) is 0.438. The second kappa shape index (κ2) is 3.91. The Morgan fingerprint density at radius 3 is 2.09 bits per heavy atom. The predicted molar refractivity (Wildman–Crippen MR) is 51.7 cm³/mol. The highest BCUT2D eigenvalue weighted by Crippen LogP contribution is 2.28. The van der Waals surface area contributed by atoms with Gasteiger partial charge in [-0.15, -0.1) is 0 Å². The van der Waals surface area contributed by atoms with Crippen molar-refractivity contribution in [1.82, 2.24) is 5.32 Å². The van der Waals surface area contributed by atoms with E-state index < -0.39 is 0 Å². The smallest absolute Gasteiger partial charge is 0.0322 e. The van der Waals surface area contributed by atoms with Crippen molar-refractivity contribution >= 4 is 0 Å². The SMILES string of the molecule is C=C(C)C(NC)C(C)(C)CC. The van der Waals surface area contributed by atoms with Gasteiger partial charge in [-0.05, 0) is 25.8 Å². The number of likely N-dealkylation sites (N-methyl/N-ethyl adjacent to an activating group) is 1. The van der Waals surface area contributed by atoms with Crippen LogP contribution in [-0.4, -0.2) is 13.1 Å². The minimum atomic E-state index is 0.320. The van der Waals surface area contributed by atoms with Crippen LogP contribution >= 0.6 is 0 Å². The van der Waals surface area contributed by atoms with E-state index in [2.05, 4.69) is 39.6 Å². The maximum absolute atomic E-state index is 3.98. The first-order valence-corrected chi connectivity index (χ1v) is 4.28. The van der Waals surface area contributed by atoms with Crippen LogP contribution in [0.15, 0.2) is 12.2 Å². The summed E-state index contributed by atoms with van der Waals surface area (Å²) in [6.45, 7) is 12.8. The van der Waals surface area contributed by atoms with Gasteiger partial charge in [-0.1, -0.05) is 32.9 Å². The maximum Gasteiger partial charge on any atom is 0.0322 e. The number of hydrogen-bond acceptors (Lipinski definition) is 1. The quantitative estimate of drug-likeness (QED) is 0.615. The van der Waals surface area contributed by atoms with Crippen molar-refractivity contribution in [3.8, 4) is 0 Å². The van der Waals surface area contributed by atoms with Gasteiger partial charge in [0.05, 0.1) is 0 Å². The molecular weight excluding hydrogens is 134 g/mol. The highest BCUT2D eigenvalue weighted by atomic mass is 14.9. The van der Waals surface area contributed by atoms with Crippen LogP contribution in [0.25, 0.3) is 0 Å². The topological polar surface area (TPSA) is 12.0 Å². The van der Waals surface area contributed by atoms with Crippen molar-refractivity contribution in [3.63, 3.8) is 0 Å². The summed E-state index contributed by atoms with van der Waals surface area (Å²) in [5.41, 5.74) is 1.54. The van der Waals surface area contributed by atoms with Gasteiger partial charge in [0.25, 0.3) is 0 Å². The highest BCUT2D eigenvalue weighted by Gasteiger charge is 2.26. The summed E-state index contributed by atoms with van der Waals surface area (Å²) in [5, 5.41) is 3.29. The molecule has 0 saturated heterocycles. The van der Waals surface area contributed by atoms with E-state index in [-0.39, 0.29) is 0 Å². The molecule has 0 amide bonds. The van der Waals surface area contributed by atoms with Crippen molar-refractivity contribution in [2.24, 2.45) is 5.41 Å². The van der Waals surface area contributed by atoms with Crippen molar-refractivity contribution in [3.05, 3.63) is 12.2 Å². The van der Waals surface area contributed by atoms with Crippen LogP contribution in [0.1, 0.15) is 34.1 Å². The van der Waals surface area contributed by atoms with E-state index in [9.17, 15) is 0 Å². The Morgan fingerprint density at radius 1 is 1.55 bits per heavy atom. The van der Waals surface area contributed by atoms with Gasteiger partial charge in [0.1, 0.15) is 0 Å². The number of hydrogen-bond donors (Lipinski definition) is 1. The fourth-order valence-corrected chi connectivity index (χ4v) is 1.51. The van der Waals surface area contributed by atoms with Crippen LogP contribution in [0.3, 0.4) is 0 Å². The molecule has 1 atom stereocenters. The van der Waals surface area contributed by atoms with Gasteiger partial charge < -0.3 is 5.32 Å². The van der Waals surface area contributed by atoms with E-state index in [0.717, 1.165) is 0 Å². The first-order valence-electron chi connectivity index (χ1n) is 4.28. The molecule has 0 rings (SSSR count). The molecule has 1 unspecified atom stereocenters. The molecule has 11 heavy (non-hydrogen) atoms. The summed E-state index contributed by atoms with van der Waals surface area (Å²) in [5.74, 6) is 0. The van der Waals surface area contributed by atoms with Crippen molar-refractivity contribution in [2.75, 3.05) is 7.05 Å². The molecule has 0 bridgehead atoms. The van der Waals surface area contributed by atoms with Crippen molar-refractivity contribution in [1.29, 1.82) is 0 Å². The first kappa shape index (κ1) is 10.7. The monoisotopic (exact) mass is 155 g/mol. The molecule has 0 saturated carbocycles. The number of rotatable bonds is 4. The Balaban J connectivity index is 4.36. The van der Waals surface area contributed by atoms with Gasteiger partial charge in [0, 0.05) is 6.04 Å². The molecule has 0 spiro atoms. The summed E-state index contributed by atoms with van der Waals surface area (Å²) in [7, 11) is 2.00. The lowest BCUT2D eigenvalue weighted by molar-refractivity contribution is 0.272. The molecule has 1 heteroatoms. The molecular formula is C10H21N. The Morgan fingerprint density at radius 2 is 2.00 bits per heavy atom. The average Bonchev–Trinajstić information content (AvgIpc) is 1.88. The maximum atomic E-state index is 3.98. The minimum Gasteiger partial charge on any atom is -0.313 e. The van der Waals surface area contributed by atoms with Gasteiger partial charge in [0.15, 0.2) is 0 Å². The van der Waals surface area contributed by atoms with E-state index in [0.29, 0.717) is 11.5 Å². The lowest BCUT2D eigenvalue weighted by Gasteiger charge is -2.33. The predicted octanol–water partition coefficient (Wildman–Crippen LogP) is 2.59. The molecule has 0 aliphatic carbocycles. The molecule has 1 N–H and O–H groups in total. The summed E-state index contributed by atoms with van der Waals surface area (Å²) in [4.78, 5) is 0. The van der Waals surface area contributed by atoms with Crippen LogP contribution in [0.5, 0.6) is 0 Å². The normalized spacial score (nSPS) is 14.6. The van der Waals surface area contributed by atoms with Gasteiger partial charge in [0.2, 0.25) is 0 Å². The molecule has 0 aromatic carbocycles. The van der Waals surface area contributed by atoms with E-state index in [4.69, 9.17) is 0 Å². The highest BCUT2D eigenvalue weighted by molar-refractivity contribution is 5.07. The van der Waals surface area contributed by atoms with Gasteiger partial charge in [-0.3, -0.25) is 0 Å². The van der Waals surface area contributed by atoms with Crippen molar-refractivity contribution in [2.45, 2.75) is 40.2 Å². The minimum absolute atomic E-state index is 0.320. The standard InChI is InChI=1S/C10H21N/c1-7-10(4,5)9(11-6)8(2)3/h9,11H,2,7H2,1,3-6H3. The molecule has 0 aromatic heterocycles. The van der Waals surface area contributed by atoms with Crippen LogP contribution in [0, 0.1) is 5.41 Å². The Bertz CT molecular complexity index is 136. The molecule has 66 valence electrons. The molecule has 0 aliphatic heterocycles. The van der Waals surface area contributed by atoms with Crippen LogP contribution < -0.4 is 5.32 Å². The van der Waals surface area contributed by atoms with E-state index >= 15 is 0 Å². The van der Waals surface area contributed by atoms with Gasteiger partial charge in [-0.25, -0.2) is 0 Å². The third kappa shape index (κ3) is 2.66. The average molecular weight is 155 g/mol. The molecule has 0 aliphatic rings. The van der Waals surface area contributed by atoms with Gasteiger partial charge >= 0.3 is 0 Å². The molecule has 0 fully saturated rings. The first-order chi connectivity index (χ1) is 4.95. The fourth-order valence-electron chi connectivity index (χ4n) is 1.51. The second-order valence-electron chi connectivity index (χ2n) is 3.91. The summed E-state index contributed by atoms with van der Waals surface area (Å²) >= 11 is 0. The number of nitrogens with one attached hydrogen (secondary N) is 1. The van der Waals surface area contributed by atoms with E-state index in [1.165, 1.54) is 12.0 Å². The van der Waals surface area contributed by atoms with E-state index in [1.54, 1.807) is 0 Å².